The molecule has 0 saturated carbocycles. The molecule has 7 nitrogen and oxygen atoms in total. The van der Waals surface area contributed by atoms with E-state index in [1.54, 1.807) is 54.7 Å². The first-order chi connectivity index (χ1) is 19.9. The number of halogens is 3. The van der Waals surface area contributed by atoms with Gasteiger partial charge in [-0.15, -0.1) is 0 Å². The number of rotatable bonds is 6. The van der Waals surface area contributed by atoms with Gasteiger partial charge in [0, 0.05) is 16.0 Å². The summed E-state index contributed by atoms with van der Waals surface area (Å²) < 4.78 is 14.6. The van der Waals surface area contributed by atoms with Gasteiger partial charge in [-0.3, -0.25) is 4.79 Å². The minimum atomic E-state index is -0.338. The van der Waals surface area contributed by atoms with Crippen molar-refractivity contribution in [3.63, 3.8) is 0 Å². The van der Waals surface area contributed by atoms with Crippen molar-refractivity contribution in [1.82, 2.24) is 9.66 Å². The zero-order chi connectivity index (χ0) is 28.5. The zero-order valence-electron chi connectivity index (χ0n) is 21.0. The summed E-state index contributed by atoms with van der Waals surface area (Å²) in [4.78, 5) is 18.3. The molecule has 6 aromatic rings. The van der Waals surface area contributed by atoms with Gasteiger partial charge >= 0.3 is 0 Å². The third kappa shape index (κ3) is 5.42. The maximum Gasteiger partial charge on any atom is 0.282 e. The van der Waals surface area contributed by atoms with Gasteiger partial charge in [-0.25, -0.2) is 4.98 Å². The van der Waals surface area contributed by atoms with Crippen LogP contribution in [-0.4, -0.2) is 15.9 Å². The normalized spacial score (nSPS) is 11.4. The third-order valence-electron chi connectivity index (χ3n) is 6.31. The predicted octanol–water partition coefficient (Wildman–Crippen LogP) is 8.32. The first kappa shape index (κ1) is 27.0. The molecular weight excluding hydrogens is 672 g/mol. The highest BCUT2D eigenvalue weighted by atomic mass is 79.9. The van der Waals surface area contributed by atoms with Gasteiger partial charge in [0.15, 0.2) is 5.76 Å². The number of hydrogen-bond acceptors (Lipinski definition) is 6. The van der Waals surface area contributed by atoms with E-state index in [1.807, 2.05) is 36.4 Å². The number of para-hydroxylation sites is 1. The molecule has 0 radical (unpaired) electrons. The molecular formula is C31H17Br2ClN4O3. The maximum atomic E-state index is 13.6. The van der Waals surface area contributed by atoms with E-state index in [0.29, 0.717) is 53.1 Å². The van der Waals surface area contributed by atoms with E-state index in [-0.39, 0.29) is 18.0 Å². The quantitative estimate of drug-likeness (QED) is 0.164. The van der Waals surface area contributed by atoms with E-state index in [4.69, 9.17) is 25.7 Å². The molecule has 0 N–H and O–H groups in total. The predicted molar refractivity (Wildman–Crippen MR) is 167 cm³/mol. The molecule has 0 aliphatic rings. The van der Waals surface area contributed by atoms with Crippen LogP contribution in [-0.2, 0) is 6.61 Å². The average molecular weight is 689 g/mol. The lowest BCUT2D eigenvalue weighted by Crippen LogP contribution is -2.20. The van der Waals surface area contributed by atoms with Crippen LogP contribution in [0.4, 0.5) is 0 Å². The molecule has 0 aliphatic carbocycles. The van der Waals surface area contributed by atoms with Crippen LogP contribution in [0, 0.1) is 11.3 Å². The van der Waals surface area contributed by atoms with Crippen molar-refractivity contribution in [2.24, 2.45) is 5.10 Å². The van der Waals surface area contributed by atoms with Gasteiger partial charge in [-0.05, 0) is 92.0 Å². The summed E-state index contributed by atoms with van der Waals surface area (Å²) in [6.45, 7) is 0.221. The van der Waals surface area contributed by atoms with Crippen LogP contribution in [0.2, 0.25) is 5.02 Å². The Hall–Kier alpha value is -4.23. The van der Waals surface area contributed by atoms with E-state index >= 15 is 0 Å². The maximum absolute atomic E-state index is 13.6. The number of hydrogen-bond donors (Lipinski definition) is 0. The second-order valence-electron chi connectivity index (χ2n) is 8.98. The summed E-state index contributed by atoms with van der Waals surface area (Å²) in [5.41, 5.74) is 2.83. The van der Waals surface area contributed by atoms with Crippen LogP contribution in [0.5, 0.6) is 5.75 Å². The summed E-state index contributed by atoms with van der Waals surface area (Å²) in [7, 11) is 0. The Balaban J connectivity index is 1.38. The van der Waals surface area contributed by atoms with Gasteiger partial charge in [0.25, 0.3) is 5.56 Å². The molecule has 0 unspecified atom stereocenters. The van der Waals surface area contributed by atoms with E-state index in [9.17, 15) is 10.1 Å². The van der Waals surface area contributed by atoms with Gasteiger partial charge in [0.1, 0.15) is 17.9 Å². The van der Waals surface area contributed by atoms with Gasteiger partial charge < -0.3 is 9.15 Å². The fourth-order valence-corrected chi connectivity index (χ4v) is 5.97. The summed E-state index contributed by atoms with van der Waals surface area (Å²) in [5, 5.41) is 15.7. The zero-order valence-corrected chi connectivity index (χ0v) is 24.9. The number of furan rings is 1. The van der Waals surface area contributed by atoms with Gasteiger partial charge in [-0.2, -0.15) is 15.0 Å². The summed E-state index contributed by atoms with van der Waals surface area (Å²) in [6.07, 6.45) is 1.56. The van der Waals surface area contributed by atoms with Crippen molar-refractivity contribution in [3.05, 3.63) is 126 Å². The van der Waals surface area contributed by atoms with E-state index in [1.165, 1.54) is 4.68 Å². The molecule has 2 heterocycles. The Morgan fingerprint density at radius 3 is 2.59 bits per heavy atom. The first-order valence-electron chi connectivity index (χ1n) is 12.3. The van der Waals surface area contributed by atoms with Crippen LogP contribution in [0.25, 0.3) is 33.5 Å². The number of aromatic nitrogens is 2. The van der Waals surface area contributed by atoms with Crippen molar-refractivity contribution < 1.29 is 9.15 Å². The Morgan fingerprint density at radius 2 is 1.78 bits per heavy atom. The fraction of sp³-hybridized carbons (Fsp3) is 0.0323. The molecule has 6 rings (SSSR count). The SMILES string of the molecule is N#Cc1ccccc1COc1c(Br)cc(C=Nn2c(-c3cc4cc(Cl)ccc4o3)nc3ccccc3c2=O)cc1Br. The lowest BCUT2D eigenvalue weighted by atomic mass is 10.1. The van der Waals surface area contributed by atoms with Crippen molar-refractivity contribution in [1.29, 1.82) is 5.26 Å². The van der Waals surface area contributed by atoms with Crippen LogP contribution in [0.3, 0.4) is 0 Å². The highest BCUT2D eigenvalue weighted by molar-refractivity contribution is 9.11. The lowest BCUT2D eigenvalue weighted by Gasteiger charge is -2.12. The van der Waals surface area contributed by atoms with Gasteiger partial charge in [-0.1, -0.05) is 41.9 Å². The molecule has 0 atom stereocenters. The van der Waals surface area contributed by atoms with Crippen LogP contribution in [0.1, 0.15) is 16.7 Å². The molecule has 0 spiro atoms. The third-order valence-corrected chi connectivity index (χ3v) is 7.72. The molecule has 0 fully saturated rings. The summed E-state index contributed by atoms with van der Waals surface area (Å²) in [5.74, 6) is 1.21. The van der Waals surface area contributed by atoms with Crippen LogP contribution in [0.15, 0.2) is 108 Å². The Labute approximate surface area is 255 Å². The molecule has 4 aromatic carbocycles. The largest absolute Gasteiger partial charge is 0.486 e. The van der Waals surface area contributed by atoms with Gasteiger partial charge in [0.05, 0.1) is 37.7 Å². The first-order valence-corrected chi connectivity index (χ1v) is 14.2. The van der Waals surface area contributed by atoms with Gasteiger partial charge in [0.2, 0.25) is 5.82 Å². The van der Waals surface area contributed by atoms with Crippen molar-refractivity contribution in [2.75, 3.05) is 0 Å². The Morgan fingerprint density at radius 1 is 1.02 bits per heavy atom. The molecule has 0 amide bonds. The Kier molecular flexibility index (Phi) is 7.45. The number of benzene rings is 4. The number of fused-ring (bicyclic) bond motifs is 2. The fourth-order valence-electron chi connectivity index (χ4n) is 4.34. The molecule has 0 aliphatic heterocycles. The van der Waals surface area contributed by atoms with Crippen LogP contribution >= 0.6 is 43.5 Å². The van der Waals surface area contributed by atoms with Crippen molar-refractivity contribution in [2.45, 2.75) is 6.61 Å². The topological polar surface area (TPSA) is 93.4 Å². The molecule has 0 bridgehead atoms. The molecule has 41 heavy (non-hydrogen) atoms. The van der Waals surface area contributed by atoms with E-state index in [0.717, 1.165) is 10.9 Å². The number of nitriles is 1. The van der Waals surface area contributed by atoms with Crippen LogP contribution < -0.4 is 10.3 Å². The van der Waals surface area contributed by atoms with E-state index < -0.39 is 0 Å². The second kappa shape index (κ2) is 11.3. The van der Waals surface area contributed by atoms with Crippen molar-refractivity contribution >= 4 is 71.5 Å². The smallest absolute Gasteiger partial charge is 0.282 e. The molecule has 2 aromatic heterocycles. The average Bonchev–Trinajstić information content (AvgIpc) is 3.39. The molecule has 200 valence electrons. The second-order valence-corrected chi connectivity index (χ2v) is 11.1. The number of ether oxygens (including phenoxy) is 1. The minimum absolute atomic E-state index is 0.221. The lowest BCUT2D eigenvalue weighted by molar-refractivity contribution is 0.302. The van der Waals surface area contributed by atoms with Crippen molar-refractivity contribution in [3.8, 4) is 23.4 Å². The minimum Gasteiger partial charge on any atom is -0.486 e. The standard InChI is InChI=1S/C31H17Br2ClN4O3/c32-24-11-18(12-25(33)29(24)40-17-20-6-2-1-5-19(20)15-35)16-36-38-30(37-26-8-4-3-7-23(26)31(38)39)28-14-21-13-22(34)9-10-27(21)41-28/h1-14,16H,17H2. The van der Waals surface area contributed by atoms with E-state index in [2.05, 4.69) is 43.0 Å². The summed E-state index contributed by atoms with van der Waals surface area (Å²) in [6, 6.07) is 27.3. The highest BCUT2D eigenvalue weighted by Crippen LogP contribution is 2.35. The number of nitrogens with zero attached hydrogens (tertiary/aromatic N) is 4. The monoisotopic (exact) mass is 686 g/mol. The highest BCUT2D eigenvalue weighted by Gasteiger charge is 2.17. The molecule has 10 heteroatoms. The summed E-state index contributed by atoms with van der Waals surface area (Å²) >= 11 is 13.3. The Bertz CT molecular complexity index is 2070. The molecule has 0 saturated heterocycles.